The molecule has 4 rings (SSSR count). The van der Waals surface area contributed by atoms with Crippen molar-refractivity contribution in [2.45, 2.75) is 38.9 Å². The molecule has 0 aliphatic carbocycles. The second-order valence-electron chi connectivity index (χ2n) is 7.34. The molecular weight excluding hydrogens is 400 g/mol. The number of unbranched alkanes of at least 4 members (excludes halogenated alkanes) is 1. The number of nitrogens with one attached hydrogen (secondary N) is 2. The van der Waals surface area contributed by atoms with Gasteiger partial charge in [-0.05, 0) is 40.0 Å². The molecule has 1 aromatic heterocycles. The van der Waals surface area contributed by atoms with Gasteiger partial charge in [-0.15, -0.1) is 5.10 Å². The van der Waals surface area contributed by atoms with Crippen molar-refractivity contribution in [2.75, 3.05) is 6.61 Å². The van der Waals surface area contributed by atoms with Gasteiger partial charge in [0.1, 0.15) is 5.16 Å². The number of aromatic amines is 1. The Kier molecular flexibility index (Phi) is 6.30. The van der Waals surface area contributed by atoms with E-state index in [1.165, 1.54) is 0 Å². The summed E-state index contributed by atoms with van der Waals surface area (Å²) in [5, 5.41) is 27.9. The fourth-order valence-electron chi connectivity index (χ4n) is 3.81. The Morgan fingerprint density at radius 2 is 1.87 bits per heavy atom. The van der Waals surface area contributed by atoms with E-state index < -0.39 is 0 Å². The molecule has 8 heteroatoms. The lowest BCUT2D eigenvalue weighted by Crippen LogP contribution is -2.37. The number of halogens is 1. The number of rotatable bonds is 8. The van der Waals surface area contributed by atoms with Gasteiger partial charge in [0.2, 0.25) is 0 Å². The fourth-order valence-corrected chi connectivity index (χ4v) is 4.11. The third-order valence-corrected chi connectivity index (χ3v) is 5.72. The summed E-state index contributed by atoms with van der Waals surface area (Å²) in [6.07, 6.45) is 3.31. The molecule has 2 heterocycles. The van der Waals surface area contributed by atoms with E-state index in [9.17, 15) is 5.11 Å². The first-order chi connectivity index (χ1) is 14.7. The van der Waals surface area contributed by atoms with Gasteiger partial charge in [0.25, 0.3) is 0 Å². The van der Waals surface area contributed by atoms with Gasteiger partial charge in [-0.3, -0.25) is 0 Å². The summed E-state index contributed by atoms with van der Waals surface area (Å²) in [5.41, 5.74) is 5.01. The van der Waals surface area contributed by atoms with Crippen LogP contribution in [0, 0.1) is 0 Å². The first kappa shape index (κ1) is 20.4. The minimum absolute atomic E-state index is 0.0782. The first-order valence-corrected chi connectivity index (χ1v) is 10.5. The standard InChI is InChI=1S/C22H25ClN6O/c1-2-3-8-20-24-21(23)19(14-30)29(20)13-15-9-11-16(12-10-15)17-6-4-5-7-18(17)22-25-27-28-26-22/h4-7,9-12,20,24,30H,2-3,8,13-14H2,1H3,(H,25,26,27,28). The van der Waals surface area contributed by atoms with Crippen molar-refractivity contribution in [3.05, 3.63) is 64.9 Å². The molecule has 0 radical (unpaired) electrons. The van der Waals surface area contributed by atoms with Gasteiger partial charge in [-0.2, -0.15) is 0 Å². The summed E-state index contributed by atoms with van der Waals surface area (Å²) < 4.78 is 0. The van der Waals surface area contributed by atoms with Gasteiger partial charge in [0.15, 0.2) is 5.82 Å². The predicted octanol–water partition coefficient (Wildman–Crippen LogP) is 3.86. The quantitative estimate of drug-likeness (QED) is 0.476. The second-order valence-corrected chi connectivity index (χ2v) is 7.72. The van der Waals surface area contributed by atoms with Crippen LogP contribution in [0.2, 0.25) is 0 Å². The van der Waals surface area contributed by atoms with Crippen LogP contribution in [0.15, 0.2) is 59.4 Å². The summed E-state index contributed by atoms with van der Waals surface area (Å²) in [5.74, 6) is 0.643. The van der Waals surface area contributed by atoms with E-state index in [0.717, 1.165) is 47.2 Å². The maximum absolute atomic E-state index is 9.80. The number of hydrogen-bond donors (Lipinski definition) is 3. The molecule has 0 bridgehead atoms. The zero-order chi connectivity index (χ0) is 20.9. The Hall–Kier alpha value is -2.90. The number of hydrogen-bond acceptors (Lipinski definition) is 6. The molecule has 0 amide bonds. The van der Waals surface area contributed by atoms with E-state index in [1.54, 1.807) is 0 Å². The minimum Gasteiger partial charge on any atom is -0.390 e. The largest absolute Gasteiger partial charge is 0.390 e. The van der Waals surface area contributed by atoms with Gasteiger partial charge in [0.05, 0.1) is 18.5 Å². The molecular formula is C22H25ClN6O. The SMILES string of the molecule is CCCCC1NC(Cl)=C(CO)N1Cc1ccc(-c2ccccc2-c2nnn[nH]2)cc1. The van der Waals surface area contributed by atoms with E-state index in [2.05, 4.69) is 68.1 Å². The molecule has 1 atom stereocenters. The molecule has 0 fully saturated rings. The van der Waals surface area contributed by atoms with E-state index in [-0.39, 0.29) is 12.8 Å². The van der Waals surface area contributed by atoms with E-state index in [0.29, 0.717) is 17.5 Å². The molecule has 7 nitrogen and oxygen atoms in total. The molecule has 0 saturated heterocycles. The van der Waals surface area contributed by atoms with E-state index in [1.807, 2.05) is 18.2 Å². The summed E-state index contributed by atoms with van der Waals surface area (Å²) in [7, 11) is 0. The fraction of sp³-hybridized carbons (Fsp3) is 0.318. The van der Waals surface area contributed by atoms with Crippen molar-refractivity contribution in [1.29, 1.82) is 0 Å². The van der Waals surface area contributed by atoms with Crippen LogP contribution >= 0.6 is 11.6 Å². The minimum atomic E-state index is -0.0782. The smallest absolute Gasteiger partial charge is 0.180 e. The molecule has 2 aromatic carbocycles. The van der Waals surface area contributed by atoms with Crippen molar-refractivity contribution in [2.24, 2.45) is 0 Å². The summed E-state index contributed by atoms with van der Waals surface area (Å²) >= 11 is 6.33. The Morgan fingerprint density at radius 3 is 2.53 bits per heavy atom. The highest BCUT2D eigenvalue weighted by atomic mass is 35.5. The zero-order valence-electron chi connectivity index (χ0n) is 16.8. The van der Waals surface area contributed by atoms with Gasteiger partial charge >= 0.3 is 0 Å². The van der Waals surface area contributed by atoms with Gasteiger partial charge in [0, 0.05) is 12.1 Å². The molecule has 3 N–H and O–H groups in total. The molecule has 0 saturated carbocycles. The average Bonchev–Trinajstić information content (AvgIpc) is 3.41. The van der Waals surface area contributed by atoms with E-state index >= 15 is 0 Å². The normalized spacial score (nSPS) is 16.2. The van der Waals surface area contributed by atoms with E-state index in [4.69, 9.17) is 11.6 Å². The van der Waals surface area contributed by atoms with Crippen molar-refractivity contribution >= 4 is 11.6 Å². The van der Waals surface area contributed by atoms with Crippen LogP contribution in [-0.4, -0.2) is 43.4 Å². The Bertz CT molecular complexity index is 1000. The maximum Gasteiger partial charge on any atom is 0.180 e. The van der Waals surface area contributed by atoms with Gasteiger partial charge in [-0.25, -0.2) is 5.10 Å². The highest BCUT2D eigenvalue weighted by Crippen LogP contribution is 2.31. The van der Waals surface area contributed by atoms with Crippen molar-refractivity contribution in [3.63, 3.8) is 0 Å². The summed E-state index contributed by atoms with van der Waals surface area (Å²) in [6, 6.07) is 16.5. The first-order valence-electron chi connectivity index (χ1n) is 10.2. The zero-order valence-corrected chi connectivity index (χ0v) is 17.6. The summed E-state index contributed by atoms with van der Waals surface area (Å²) in [6.45, 7) is 2.78. The maximum atomic E-state index is 9.80. The molecule has 1 unspecified atom stereocenters. The predicted molar refractivity (Wildman–Crippen MR) is 117 cm³/mol. The number of H-pyrrole nitrogens is 1. The number of aromatic nitrogens is 4. The van der Waals surface area contributed by atoms with Crippen LogP contribution in [-0.2, 0) is 6.54 Å². The molecule has 156 valence electrons. The molecule has 0 spiro atoms. The van der Waals surface area contributed by atoms with Crippen molar-refractivity contribution in [3.8, 4) is 22.5 Å². The van der Waals surface area contributed by atoms with Crippen LogP contribution in [0.1, 0.15) is 31.7 Å². The van der Waals surface area contributed by atoms with Crippen LogP contribution in [0.3, 0.4) is 0 Å². The van der Waals surface area contributed by atoms with Crippen LogP contribution in [0.25, 0.3) is 22.5 Å². The Balaban J connectivity index is 1.56. The highest BCUT2D eigenvalue weighted by Gasteiger charge is 2.29. The molecule has 30 heavy (non-hydrogen) atoms. The average molecular weight is 425 g/mol. The van der Waals surface area contributed by atoms with Crippen LogP contribution in [0.5, 0.6) is 0 Å². The van der Waals surface area contributed by atoms with Gasteiger partial charge in [-0.1, -0.05) is 73.5 Å². The molecule has 1 aliphatic rings. The topological polar surface area (TPSA) is 90.0 Å². The number of aliphatic hydroxyl groups is 1. The molecule has 3 aromatic rings. The second kappa shape index (κ2) is 9.28. The molecule has 1 aliphatic heterocycles. The third-order valence-electron chi connectivity index (χ3n) is 5.40. The number of aliphatic hydroxyl groups excluding tert-OH is 1. The van der Waals surface area contributed by atoms with Crippen LogP contribution in [0.4, 0.5) is 0 Å². The lowest BCUT2D eigenvalue weighted by Gasteiger charge is -2.28. The van der Waals surface area contributed by atoms with Gasteiger partial charge < -0.3 is 15.3 Å². The monoisotopic (exact) mass is 424 g/mol. The van der Waals surface area contributed by atoms with Crippen LogP contribution < -0.4 is 5.32 Å². The Morgan fingerprint density at radius 1 is 1.10 bits per heavy atom. The third kappa shape index (κ3) is 4.17. The lowest BCUT2D eigenvalue weighted by atomic mass is 9.98. The van der Waals surface area contributed by atoms with Crippen molar-refractivity contribution in [1.82, 2.24) is 30.8 Å². The van der Waals surface area contributed by atoms with Crippen molar-refractivity contribution < 1.29 is 5.11 Å². The Labute approximate surface area is 180 Å². The number of tetrazole rings is 1. The highest BCUT2D eigenvalue weighted by molar-refractivity contribution is 6.29. The summed E-state index contributed by atoms with van der Waals surface area (Å²) in [4.78, 5) is 2.17. The number of nitrogens with zero attached hydrogens (tertiary/aromatic N) is 4. The lowest BCUT2D eigenvalue weighted by molar-refractivity contribution is 0.197. The number of benzene rings is 2.